The van der Waals surface area contributed by atoms with Crippen LogP contribution in [0.5, 0.6) is 0 Å². The minimum absolute atomic E-state index is 0.337. The van der Waals surface area contributed by atoms with Gasteiger partial charge in [-0.3, -0.25) is 0 Å². The van der Waals surface area contributed by atoms with Crippen LogP contribution >= 0.6 is 0 Å². The molecule has 0 amide bonds. The number of hydrogen-bond acceptors (Lipinski definition) is 0. The maximum absolute atomic E-state index is 2.58. The van der Waals surface area contributed by atoms with Crippen molar-refractivity contribution < 1.29 is 0 Å². The first-order chi connectivity index (χ1) is 26.7. The molecule has 0 aliphatic heterocycles. The Bertz CT molecular complexity index is 2910. The van der Waals surface area contributed by atoms with Crippen LogP contribution in [-0.4, -0.2) is 4.57 Å². The van der Waals surface area contributed by atoms with Gasteiger partial charge in [-0.2, -0.15) is 0 Å². The Morgan fingerprint density at radius 3 is 1.67 bits per heavy atom. The fraction of sp³-hybridized carbons (Fsp3) is 0.0943. The van der Waals surface area contributed by atoms with E-state index in [-0.39, 0.29) is 5.41 Å². The third-order valence-electron chi connectivity index (χ3n) is 13.2. The summed E-state index contributed by atoms with van der Waals surface area (Å²) in [5, 5.41) is 2.57. The van der Waals surface area contributed by atoms with Crippen molar-refractivity contribution in [1.29, 1.82) is 0 Å². The van der Waals surface area contributed by atoms with Gasteiger partial charge in [-0.25, -0.2) is 0 Å². The van der Waals surface area contributed by atoms with Gasteiger partial charge in [0.2, 0.25) is 0 Å². The molecular weight excluding hydrogens is 651 g/mol. The summed E-state index contributed by atoms with van der Waals surface area (Å²) >= 11 is 0. The van der Waals surface area contributed by atoms with E-state index < -0.39 is 0 Å². The minimum Gasteiger partial charge on any atom is -0.309 e. The third-order valence-corrected chi connectivity index (χ3v) is 13.2. The van der Waals surface area contributed by atoms with Crippen molar-refractivity contribution in [2.45, 2.75) is 30.6 Å². The van der Waals surface area contributed by atoms with E-state index in [1.165, 1.54) is 99.8 Å². The van der Waals surface area contributed by atoms with E-state index in [2.05, 4.69) is 193 Å². The minimum atomic E-state index is -0.385. The van der Waals surface area contributed by atoms with Gasteiger partial charge in [-0.05, 0) is 115 Å². The molecule has 3 aliphatic carbocycles. The van der Waals surface area contributed by atoms with Gasteiger partial charge in [-0.1, -0.05) is 165 Å². The standard InChI is InChI=1S/C53H37N/c1-33-37-15-4-5-17-39(37)38-16-3-2-14-34(38)30-44(33)35-26-28-49-45(31-35)46-32-36(54-51-24-12-8-20-42(51)43-21-9-13-25-52(43)54)27-29-50(46)53(49)47-22-10-6-18-40(47)41-19-7-11-23-48(41)53/h2-29,31-33,44H,30H2,1H3. The second kappa shape index (κ2) is 11.0. The highest BCUT2D eigenvalue weighted by Gasteiger charge is 2.51. The molecule has 0 saturated heterocycles. The van der Waals surface area contributed by atoms with E-state index in [0.29, 0.717) is 11.8 Å². The molecule has 1 heterocycles. The highest BCUT2D eigenvalue weighted by Crippen LogP contribution is 2.63. The van der Waals surface area contributed by atoms with Crippen molar-refractivity contribution in [3.8, 4) is 39.1 Å². The summed E-state index contributed by atoms with van der Waals surface area (Å²) in [5.41, 5.74) is 21.2. The van der Waals surface area contributed by atoms with Crippen LogP contribution in [0.15, 0.2) is 182 Å². The van der Waals surface area contributed by atoms with Crippen molar-refractivity contribution in [3.05, 3.63) is 221 Å². The molecule has 0 saturated carbocycles. The molecule has 0 radical (unpaired) electrons. The SMILES string of the molecule is CC1c2ccccc2-c2ccccc2CC1c1ccc2c(c1)-c1cc(-n3c4ccccc4c4ccccc43)ccc1C21c2ccccc2-c2ccccc21. The Morgan fingerprint density at radius 1 is 0.444 bits per heavy atom. The lowest BCUT2D eigenvalue weighted by atomic mass is 9.70. The maximum atomic E-state index is 2.58. The van der Waals surface area contributed by atoms with E-state index in [9.17, 15) is 0 Å². The zero-order valence-electron chi connectivity index (χ0n) is 30.1. The third kappa shape index (κ3) is 3.84. The van der Waals surface area contributed by atoms with E-state index in [1.807, 2.05) is 0 Å². The van der Waals surface area contributed by atoms with Crippen molar-refractivity contribution in [1.82, 2.24) is 4.57 Å². The Hall–Kier alpha value is -6.44. The van der Waals surface area contributed by atoms with E-state index >= 15 is 0 Å². The monoisotopic (exact) mass is 687 g/mol. The fourth-order valence-electron chi connectivity index (χ4n) is 10.9. The molecule has 2 unspecified atom stereocenters. The smallest absolute Gasteiger partial charge is 0.0725 e. The Labute approximate surface area is 315 Å². The number of fused-ring (bicyclic) bond motifs is 16. The van der Waals surface area contributed by atoms with Gasteiger partial charge >= 0.3 is 0 Å². The molecule has 8 aromatic carbocycles. The molecule has 1 aromatic heterocycles. The number of aromatic nitrogens is 1. The lowest BCUT2D eigenvalue weighted by molar-refractivity contribution is 0.579. The van der Waals surface area contributed by atoms with Gasteiger partial charge in [-0.15, -0.1) is 0 Å². The highest BCUT2D eigenvalue weighted by molar-refractivity contribution is 6.09. The van der Waals surface area contributed by atoms with Gasteiger partial charge in [0.1, 0.15) is 0 Å². The number of rotatable bonds is 2. The zero-order chi connectivity index (χ0) is 35.5. The predicted molar refractivity (Wildman–Crippen MR) is 224 cm³/mol. The molecule has 254 valence electrons. The lowest BCUT2D eigenvalue weighted by Crippen LogP contribution is -2.26. The summed E-state index contributed by atoms with van der Waals surface area (Å²) in [4.78, 5) is 0. The van der Waals surface area contributed by atoms with Gasteiger partial charge in [0.15, 0.2) is 0 Å². The summed E-state index contributed by atoms with van der Waals surface area (Å²) in [5.74, 6) is 0.696. The molecule has 2 atom stereocenters. The van der Waals surface area contributed by atoms with Crippen molar-refractivity contribution in [2.24, 2.45) is 0 Å². The number of benzene rings is 8. The summed E-state index contributed by atoms with van der Waals surface area (Å²) in [6.45, 7) is 2.45. The van der Waals surface area contributed by atoms with Crippen LogP contribution < -0.4 is 0 Å². The van der Waals surface area contributed by atoms with E-state index in [1.54, 1.807) is 0 Å². The molecule has 1 spiro atoms. The quantitative estimate of drug-likeness (QED) is 0.170. The highest BCUT2D eigenvalue weighted by atomic mass is 15.0. The molecule has 3 aliphatic rings. The van der Waals surface area contributed by atoms with Crippen LogP contribution in [0.4, 0.5) is 0 Å². The molecule has 54 heavy (non-hydrogen) atoms. The molecule has 1 heteroatoms. The van der Waals surface area contributed by atoms with Gasteiger partial charge < -0.3 is 4.57 Å². The maximum Gasteiger partial charge on any atom is 0.0725 e. The van der Waals surface area contributed by atoms with Crippen molar-refractivity contribution in [3.63, 3.8) is 0 Å². The zero-order valence-corrected chi connectivity index (χ0v) is 30.1. The average molecular weight is 688 g/mol. The largest absolute Gasteiger partial charge is 0.309 e. The molecule has 12 rings (SSSR count). The van der Waals surface area contributed by atoms with Crippen LogP contribution in [-0.2, 0) is 11.8 Å². The Morgan fingerprint density at radius 2 is 0.963 bits per heavy atom. The second-order valence-electron chi connectivity index (χ2n) is 15.6. The summed E-state index contributed by atoms with van der Waals surface area (Å²) in [6.07, 6.45) is 1.01. The van der Waals surface area contributed by atoms with Crippen LogP contribution in [0.3, 0.4) is 0 Å². The Balaban J connectivity index is 1.14. The first-order valence-electron chi connectivity index (χ1n) is 19.4. The van der Waals surface area contributed by atoms with Gasteiger partial charge in [0.05, 0.1) is 16.4 Å². The summed E-state index contributed by atoms with van der Waals surface area (Å²) < 4.78 is 2.47. The number of hydrogen-bond donors (Lipinski definition) is 0. The van der Waals surface area contributed by atoms with E-state index in [4.69, 9.17) is 0 Å². The van der Waals surface area contributed by atoms with Gasteiger partial charge in [0, 0.05) is 16.5 Å². The number of nitrogens with zero attached hydrogens (tertiary/aromatic N) is 1. The molecule has 0 N–H and O–H groups in total. The normalized spacial score (nSPS) is 17.1. The first-order valence-corrected chi connectivity index (χ1v) is 19.4. The van der Waals surface area contributed by atoms with Crippen LogP contribution in [0.25, 0.3) is 60.9 Å². The van der Waals surface area contributed by atoms with E-state index in [0.717, 1.165) is 6.42 Å². The van der Waals surface area contributed by atoms with Crippen LogP contribution in [0.2, 0.25) is 0 Å². The summed E-state index contributed by atoms with van der Waals surface area (Å²) in [7, 11) is 0. The molecule has 0 fully saturated rings. The van der Waals surface area contributed by atoms with Crippen molar-refractivity contribution in [2.75, 3.05) is 0 Å². The molecule has 0 bridgehead atoms. The van der Waals surface area contributed by atoms with Crippen molar-refractivity contribution >= 4 is 21.8 Å². The Kier molecular flexibility index (Phi) is 6.15. The molecule has 9 aromatic rings. The topological polar surface area (TPSA) is 4.93 Å². The number of para-hydroxylation sites is 2. The predicted octanol–water partition coefficient (Wildman–Crippen LogP) is 13.2. The fourth-order valence-corrected chi connectivity index (χ4v) is 10.9. The average Bonchev–Trinajstić information content (AvgIpc) is 3.80. The summed E-state index contributed by atoms with van der Waals surface area (Å²) in [6, 6.07) is 69.0. The van der Waals surface area contributed by atoms with Crippen LogP contribution in [0, 0.1) is 0 Å². The second-order valence-corrected chi connectivity index (χ2v) is 15.6. The van der Waals surface area contributed by atoms with Gasteiger partial charge in [0.25, 0.3) is 0 Å². The first kappa shape index (κ1) is 30.1. The molecule has 1 nitrogen and oxygen atoms in total. The van der Waals surface area contributed by atoms with Crippen LogP contribution in [0.1, 0.15) is 57.7 Å². The lowest BCUT2D eigenvalue weighted by Gasteiger charge is -2.31. The molecular formula is C53H37N.